The van der Waals surface area contributed by atoms with E-state index in [1.165, 1.54) is 6.08 Å². The van der Waals surface area contributed by atoms with Crippen LogP contribution in [0.4, 0.5) is 11.8 Å². The molecule has 29 heavy (non-hydrogen) atoms. The molecule has 0 saturated carbocycles. The molecule has 0 radical (unpaired) electrons. The largest absolute Gasteiger partial charge is 0.353 e. The molecule has 1 aliphatic heterocycles. The zero-order chi connectivity index (χ0) is 20.8. The number of rotatable bonds is 6. The van der Waals surface area contributed by atoms with Crippen LogP contribution in [0.25, 0.3) is 0 Å². The van der Waals surface area contributed by atoms with Crippen LogP contribution in [0.2, 0.25) is 0 Å². The van der Waals surface area contributed by atoms with Gasteiger partial charge >= 0.3 is 0 Å². The average Bonchev–Trinajstić information content (AvgIpc) is 2.77. The van der Waals surface area contributed by atoms with Crippen LogP contribution in [0.5, 0.6) is 0 Å². The van der Waals surface area contributed by atoms with Gasteiger partial charge in [0.25, 0.3) is 5.91 Å². The van der Waals surface area contributed by atoms with Crippen LogP contribution in [0.15, 0.2) is 49.2 Å². The second-order valence-corrected chi connectivity index (χ2v) is 7.01. The summed E-state index contributed by atoms with van der Waals surface area (Å²) in [6, 6.07) is 9.22. The van der Waals surface area contributed by atoms with E-state index < -0.39 is 0 Å². The molecule has 1 aromatic heterocycles. The number of hydrogen-bond acceptors (Lipinski definition) is 6. The summed E-state index contributed by atoms with van der Waals surface area (Å²) in [7, 11) is 3.82. The SMILES string of the molecule is C=CC(=O)NCc1ccc(C(=O)N2CCN(c3ccnc(N(C)C)n3)CC2)cc1. The lowest BCUT2D eigenvalue weighted by Gasteiger charge is -2.35. The highest BCUT2D eigenvalue weighted by molar-refractivity contribution is 5.94. The van der Waals surface area contributed by atoms with Gasteiger partial charge in [-0.05, 0) is 29.8 Å². The molecule has 2 amide bonds. The molecule has 1 saturated heterocycles. The Balaban J connectivity index is 1.56. The molecule has 0 unspecified atom stereocenters. The summed E-state index contributed by atoms with van der Waals surface area (Å²) >= 11 is 0. The van der Waals surface area contributed by atoms with Gasteiger partial charge in [0.15, 0.2) is 0 Å². The summed E-state index contributed by atoms with van der Waals surface area (Å²) in [5.74, 6) is 1.35. The molecular formula is C21H26N6O2. The Labute approximate surface area is 170 Å². The standard InChI is InChI=1S/C21H26N6O2/c1-4-19(28)23-15-16-5-7-17(8-6-16)20(29)27-13-11-26(12-14-27)18-9-10-22-21(24-18)25(2)3/h4-10H,1,11-15H2,2-3H3,(H,23,28). The highest BCUT2D eigenvalue weighted by Crippen LogP contribution is 2.17. The minimum absolute atomic E-state index is 0.0167. The van der Waals surface area contributed by atoms with E-state index in [2.05, 4.69) is 26.8 Å². The van der Waals surface area contributed by atoms with Crippen LogP contribution in [0.3, 0.4) is 0 Å². The van der Waals surface area contributed by atoms with Crippen molar-refractivity contribution in [1.82, 2.24) is 20.2 Å². The zero-order valence-corrected chi connectivity index (χ0v) is 16.8. The molecule has 1 aromatic carbocycles. The quantitative estimate of drug-likeness (QED) is 0.744. The number of anilines is 2. The fourth-order valence-corrected chi connectivity index (χ4v) is 3.08. The van der Waals surface area contributed by atoms with Crippen molar-refractivity contribution in [3.63, 3.8) is 0 Å². The van der Waals surface area contributed by atoms with Crippen molar-refractivity contribution < 1.29 is 9.59 Å². The molecule has 3 rings (SSSR count). The molecule has 1 aliphatic rings. The van der Waals surface area contributed by atoms with Crippen LogP contribution in [0, 0.1) is 0 Å². The number of carbonyl (C=O) groups excluding carboxylic acids is 2. The van der Waals surface area contributed by atoms with Crippen LogP contribution in [0.1, 0.15) is 15.9 Å². The maximum absolute atomic E-state index is 12.8. The maximum Gasteiger partial charge on any atom is 0.253 e. The molecule has 1 N–H and O–H groups in total. The van der Waals surface area contributed by atoms with Crippen LogP contribution >= 0.6 is 0 Å². The van der Waals surface area contributed by atoms with Crippen LogP contribution in [-0.4, -0.2) is 67.0 Å². The first kappa shape index (κ1) is 20.3. The highest BCUT2D eigenvalue weighted by Gasteiger charge is 2.23. The Kier molecular flexibility index (Phi) is 6.43. The molecule has 8 nitrogen and oxygen atoms in total. The molecular weight excluding hydrogens is 368 g/mol. The summed E-state index contributed by atoms with van der Waals surface area (Å²) in [4.78, 5) is 38.8. The Morgan fingerprint density at radius 2 is 1.83 bits per heavy atom. The Morgan fingerprint density at radius 3 is 2.45 bits per heavy atom. The smallest absolute Gasteiger partial charge is 0.253 e. The Hall–Kier alpha value is -3.42. The van der Waals surface area contributed by atoms with Crippen molar-refractivity contribution in [3.05, 3.63) is 60.3 Å². The van der Waals surface area contributed by atoms with E-state index in [1.807, 2.05) is 42.1 Å². The number of nitrogens with zero attached hydrogens (tertiary/aromatic N) is 5. The van der Waals surface area contributed by atoms with Gasteiger partial charge in [0.1, 0.15) is 5.82 Å². The summed E-state index contributed by atoms with van der Waals surface area (Å²) in [6.45, 7) is 6.55. The Morgan fingerprint density at radius 1 is 1.14 bits per heavy atom. The molecule has 0 bridgehead atoms. The van der Waals surface area contributed by atoms with E-state index in [4.69, 9.17) is 0 Å². The second kappa shape index (κ2) is 9.18. The maximum atomic E-state index is 12.8. The van der Waals surface area contributed by atoms with Crippen LogP contribution < -0.4 is 15.1 Å². The number of hydrogen-bond donors (Lipinski definition) is 1. The first-order valence-corrected chi connectivity index (χ1v) is 9.51. The van der Waals surface area contributed by atoms with E-state index in [0.29, 0.717) is 31.1 Å². The highest BCUT2D eigenvalue weighted by atomic mass is 16.2. The summed E-state index contributed by atoms with van der Waals surface area (Å²) in [6.07, 6.45) is 2.99. The van der Waals surface area contributed by atoms with E-state index in [9.17, 15) is 9.59 Å². The molecule has 2 heterocycles. The van der Waals surface area contributed by atoms with Crippen molar-refractivity contribution in [2.24, 2.45) is 0 Å². The number of aromatic nitrogens is 2. The number of benzene rings is 1. The molecule has 8 heteroatoms. The van der Waals surface area contributed by atoms with Gasteiger partial charge in [0.2, 0.25) is 11.9 Å². The van der Waals surface area contributed by atoms with Gasteiger partial charge in [-0.1, -0.05) is 18.7 Å². The van der Waals surface area contributed by atoms with Crippen LogP contribution in [-0.2, 0) is 11.3 Å². The molecule has 152 valence electrons. The predicted molar refractivity (Wildman–Crippen MR) is 113 cm³/mol. The van der Waals surface area contributed by atoms with Gasteiger partial charge in [-0.2, -0.15) is 4.98 Å². The topological polar surface area (TPSA) is 81.7 Å². The van der Waals surface area contributed by atoms with E-state index in [0.717, 1.165) is 24.5 Å². The number of piperazine rings is 1. The average molecular weight is 394 g/mol. The van der Waals surface area contributed by atoms with Crippen molar-refractivity contribution >= 4 is 23.6 Å². The third-order valence-electron chi connectivity index (χ3n) is 4.77. The number of nitrogens with one attached hydrogen (secondary N) is 1. The summed E-state index contributed by atoms with van der Waals surface area (Å²) in [5.41, 5.74) is 1.58. The predicted octanol–water partition coefficient (Wildman–Crippen LogP) is 1.31. The molecule has 2 aromatic rings. The minimum atomic E-state index is -0.218. The Bertz CT molecular complexity index is 873. The summed E-state index contributed by atoms with van der Waals surface area (Å²) in [5, 5.41) is 2.72. The summed E-state index contributed by atoms with van der Waals surface area (Å²) < 4.78 is 0. The first-order chi connectivity index (χ1) is 14.0. The van der Waals surface area contributed by atoms with Crippen molar-refractivity contribution in [2.75, 3.05) is 50.1 Å². The number of amides is 2. The normalized spacial score (nSPS) is 13.7. The minimum Gasteiger partial charge on any atom is -0.353 e. The monoisotopic (exact) mass is 394 g/mol. The lowest BCUT2D eigenvalue weighted by atomic mass is 10.1. The second-order valence-electron chi connectivity index (χ2n) is 7.01. The molecule has 0 spiro atoms. The fraction of sp³-hybridized carbons (Fsp3) is 0.333. The molecule has 0 aliphatic carbocycles. The van der Waals surface area contributed by atoms with Gasteiger partial charge in [-0.25, -0.2) is 4.98 Å². The first-order valence-electron chi connectivity index (χ1n) is 9.51. The van der Waals surface area contributed by atoms with Gasteiger partial charge in [0, 0.05) is 58.6 Å². The third kappa shape index (κ3) is 5.10. The zero-order valence-electron chi connectivity index (χ0n) is 16.8. The van der Waals surface area contributed by atoms with Crippen molar-refractivity contribution in [3.8, 4) is 0 Å². The fourth-order valence-electron chi connectivity index (χ4n) is 3.08. The molecule has 1 fully saturated rings. The van der Waals surface area contributed by atoms with Gasteiger partial charge in [0.05, 0.1) is 0 Å². The number of carbonyl (C=O) groups is 2. The van der Waals surface area contributed by atoms with Crippen molar-refractivity contribution in [2.45, 2.75) is 6.54 Å². The lowest BCUT2D eigenvalue weighted by molar-refractivity contribution is -0.116. The lowest BCUT2D eigenvalue weighted by Crippen LogP contribution is -2.49. The van der Waals surface area contributed by atoms with Crippen molar-refractivity contribution in [1.29, 1.82) is 0 Å². The van der Waals surface area contributed by atoms with Gasteiger partial charge < -0.3 is 20.0 Å². The third-order valence-corrected chi connectivity index (χ3v) is 4.77. The molecule has 0 atom stereocenters. The van der Waals surface area contributed by atoms with Gasteiger partial charge in [-0.3, -0.25) is 9.59 Å². The van der Waals surface area contributed by atoms with E-state index in [-0.39, 0.29) is 11.8 Å². The van der Waals surface area contributed by atoms with E-state index in [1.54, 1.807) is 18.3 Å². The van der Waals surface area contributed by atoms with Gasteiger partial charge in [-0.15, -0.1) is 0 Å². The van der Waals surface area contributed by atoms with E-state index >= 15 is 0 Å².